The van der Waals surface area contributed by atoms with Crippen molar-refractivity contribution in [3.8, 4) is 5.88 Å². The van der Waals surface area contributed by atoms with Crippen molar-refractivity contribution in [2.24, 2.45) is 0 Å². The lowest BCUT2D eigenvalue weighted by molar-refractivity contribution is 0.397. The summed E-state index contributed by atoms with van der Waals surface area (Å²) in [5, 5.41) is 4.24. The highest BCUT2D eigenvalue weighted by molar-refractivity contribution is 5.78. The first-order chi connectivity index (χ1) is 7.63. The summed E-state index contributed by atoms with van der Waals surface area (Å²) in [6, 6.07) is 3.97. The molecule has 0 aliphatic carbocycles. The maximum Gasteiger partial charge on any atom is 0.257 e. The zero-order valence-electron chi connectivity index (χ0n) is 9.53. The number of methoxy groups -OCH3 is 1. The third kappa shape index (κ3) is 1.62. The van der Waals surface area contributed by atoms with Crippen LogP contribution < -0.4 is 10.5 Å². The molecular weight excluding hydrogens is 202 g/mol. The Hall–Kier alpha value is -1.97. The monoisotopic (exact) mass is 217 g/mol. The molecular formula is C12H15N3O. The Morgan fingerprint density at radius 3 is 3.00 bits per heavy atom. The van der Waals surface area contributed by atoms with Gasteiger partial charge in [-0.2, -0.15) is 0 Å². The van der Waals surface area contributed by atoms with Gasteiger partial charge < -0.3 is 10.5 Å². The summed E-state index contributed by atoms with van der Waals surface area (Å²) in [5.41, 5.74) is 9.68. The Balaban J connectivity index is 2.65. The van der Waals surface area contributed by atoms with E-state index in [1.54, 1.807) is 11.6 Å². The molecule has 0 saturated heterocycles. The van der Waals surface area contributed by atoms with Gasteiger partial charge in [0, 0.05) is 6.20 Å². The van der Waals surface area contributed by atoms with E-state index in [4.69, 9.17) is 10.5 Å². The molecule has 0 bridgehead atoms. The zero-order valence-corrected chi connectivity index (χ0v) is 9.53. The normalized spacial score (nSPS) is 10.6. The van der Waals surface area contributed by atoms with Crippen molar-refractivity contribution >= 4 is 11.2 Å². The Kier molecular flexibility index (Phi) is 2.56. The first-order valence-electron chi connectivity index (χ1n) is 5.07. The number of hydrogen-bond donors (Lipinski definition) is 1. The topological polar surface area (TPSA) is 52.5 Å². The van der Waals surface area contributed by atoms with Crippen LogP contribution >= 0.6 is 0 Å². The summed E-state index contributed by atoms with van der Waals surface area (Å²) in [6.07, 6.45) is 2.65. The van der Waals surface area contributed by atoms with Gasteiger partial charge in [-0.1, -0.05) is 18.2 Å². The Morgan fingerprint density at radius 1 is 1.62 bits per heavy atom. The average Bonchev–Trinajstić information content (AvgIpc) is 2.56. The maximum atomic E-state index is 5.99. The number of ether oxygens (including phenoxy) is 1. The molecule has 0 aliphatic heterocycles. The molecule has 0 fully saturated rings. The first-order valence-corrected chi connectivity index (χ1v) is 5.07. The molecule has 0 spiro atoms. The van der Waals surface area contributed by atoms with Gasteiger partial charge in [-0.15, -0.1) is 5.10 Å². The molecule has 84 valence electrons. The number of nitrogen functional groups attached to an aromatic ring is 1. The molecule has 0 atom stereocenters. The van der Waals surface area contributed by atoms with Crippen LogP contribution in [0.15, 0.2) is 30.5 Å². The predicted octanol–water partition coefficient (Wildman–Crippen LogP) is 2.04. The Bertz CT molecular complexity index is 542. The van der Waals surface area contributed by atoms with Crippen LogP contribution in [-0.2, 0) is 6.42 Å². The van der Waals surface area contributed by atoms with E-state index >= 15 is 0 Å². The summed E-state index contributed by atoms with van der Waals surface area (Å²) >= 11 is 0. The Morgan fingerprint density at radius 2 is 2.38 bits per heavy atom. The van der Waals surface area contributed by atoms with E-state index in [0.29, 0.717) is 11.6 Å². The van der Waals surface area contributed by atoms with Crippen molar-refractivity contribution in [1.29, 1.82) is 0 Å². The molecule has 2 heterocycles. The number of anilines is 1. The van der Waals surface area contributed by atoms with Crippen molar-refractivity contribution < 1.29 is 4.74 Å². The minimum atomic E-state index is 0.467. The maximum absolute atomic E-state index is 5.99. The molecule has 2 N–H and O–H groups in total. The Labute approximate surface area is 94.3 Å². The van der Waals surface area contributed by atoms with Crippen LogP contribution in [-0.4, -0.2) is 16.7 Å². The molecule has 4 heteroatoms. The van der Waals surface area contributed by atoms with Gasteiger partial charge in [0.25, 0.3) is 5.88 Å². The summed E-state index contributed by atoms with van der Waals surface area (Å²) in [5.74, 6) is 0.467. The molecule has 16 heavy (non-hydrogen) atoms. The van der Waals surface area contributed by atoms with Gasteiger partial charge in [-0.3, -0.25) is 0 Å². The lowest BCUT2D eigenvalue weighted by atomic mass is 10.1. The number of rotatable bonds is 3. The summed E-state index contributed by atoms with van der Waals surface area (Å²) in [7, 11) is 1.57. The molecule has 2 aromatic heterocycles. The summed E-state index contributed by atoms with van der Waals surface area (Å²) in [6.45, 7) is 5.91. The molecule has 2 aromatic rings. The number of fused-ring (bicyclic) bond motifs is 1. The number of nitrogens with zero attached hydrogens (tertiary/aromatic N) is 2. The zero-order chi connectivity index (χ0) is 11.7. The van der Waals surface area contributed by atoms with Gasteiger partial charge in [-0.25, -0.2) is 4.52 Å². The van der Waals surface area contributed by atoms with Crippen LogP contribution in [0.25, 0.3) is 5.52 Å². The summed E-state index contributed by atoms with van der Waals surface area (Å²) < 4.78 is 6.85. The van der Waals surface area contributed by atoms with Gasteiger partial charge >= 0.3 is 0 Å². The fourth-order valence-corrected chi connectivity index (χ4v) is 1.79. The van der Waals surface area contributed by atoms with Crippen LogP contribution in [0.3, 0.4) is 0 Å². The van der Waals surface area contributed by atoms with Gasteiger partial charge in [0.15, 0.2) is 0 Å². The van der Waals surface area contributed by atoms with Gasteiger partial charge in [0.05, 0.1) is 12.6 Å². The first kappa shape index (κ1) is 10.5. The average molecular weight is 217 g/mol. The molecule has 4 nitrogen and oxygen atoms in total. The molecule has 0 unspecified atom stereocenters. The van der Waals surface area contributed by atoms with E-state index in [1.165, 1.54) is 0 Å². The molecule has 0 radical (unpaired) electrons. The number of nitrogens with two attached hydrogens (primary N) is 1. The van der Waals surface area contributed by atoms with E-state index in [9.17, 15) is 0 Å². The third-order valence-corrected chi connectivity index (χ3v) is 2.43. The number of hydrogen-bond acceptors (Lipinski definition) is 3. The van der Waals surface area contributed by atoms with Crippen molar-refractivity contribution in [2.75, 3.05) is 12.8 Å². The smallest absolute Gasteiger partial charge is 0.257 e. The standard InChI is InChI=1S/C12H15N3O/c1-8(2)7-9-5-4-6-15-11(9)10(13)12(14-15)16-3/h4-6H,1,7,13H2,2-3H3. The lowest BCUT2D eigenvalue weighted by Crippen LogP contribution is -1.95. The van der Waals surface area contributed by atoms with E-state index < -0.39 is 0 Å². The van der Waals surface area contributed by atoms with Gasteiger partial charge in [0.2, 0.25) is 0 Å². The molecule has 0 amide bonds. The number of aromatic nitrogens is 2. The van der Waals surface area contributed by atoms with Crippen LogP contribution in [0.4, 0.5) is 5.69 Å². The predicted molar refractivity (Wildman–Crippen MR) is 64.7 cm³/mol. The van der Waals surface area contributed by atoms with Crippen molar-refractivity contribution in [2.45, 2.75) is 13.3 Å². The molecule has 0 aliphatic rings. The van der Waals surface area contributed by atoms with Crippen LogP contribution in [0.1, 0.15) is 12.5 Å². The van der Waals surface area contributed by atoms with E-state index in [2.05, 4.69) is 11.7 Å². The van der Waals surface area contributed by atoms with Gasteiger partial charge in [-0.05, 0) is 25.0 Å². The van der Waals surface area contributed by atoms with Gasteiger partial charge in [0.1, 0.15) is 5.69 Å². The van der Waals surface area contributed by atoms with Crippen molar-refractivity contribution in [1.82, 2.24) is 9.61 Å². The molecule has 2 rings (SSSR count). The minimum Gasteiger partial charge on any atom is -0.478 e. The van der Waals surface area contributed by atoms with Crippen LogP contribution in [0, 0.1) is 0 Å². The fraction of sp³-hybridized carbons (Fsp3) is 0.250. The SMILES string of the molecule is C=C(C)Cc1cccn2nc(OC)c(N)c12. The minimum absolute atomic E-state index is 0.467. The van der Waals surface area contributed by atoms with Crippen LogP contribution in [0.5, 0.6) is 5.88 Å². The summed E-state index contributed by atoms with van der Waals surface area (Å²) in [4.78, 5) is 0. The number of allylic oxidation sites excluding steroid dienone is 1. The highest BCUT2D eigenvalue weighted by Gasteiger charge is 2.13. The highest BCUT2D eigenvalue weighted by Crippen LogP contribution is 2.28. The quantitative estimate of drug-likeness (QED) is 0.800. The second kappa shape index (κ2) is 3.89. The van der Waals surface area contributed by atoms with E-state index in [0.717, 1.165) is 23.1 Å². The molecule has 0 saturated carbocycles. The molecule has 0 aromatic carbocycles. The van der Waals surface area contributed by atoms with E-state index in [1.807, 2.05) is 25.3 Å². The lowest BCUT2D eigenvalue weighted by Gasteiger charge is -2.03. The largest absolute Gasteiger partial charge is 0.478 e. The van der Waals surface area contributed by atoms with E-state index in [-0.39, 0.29) is 0 Å². The fourth-order valence-electron chi connectivity index (χ4n) is 1.79. The highest BCUT2D eigenvalue weighted by atomic mass is 16.5. The van der Waals surface area contributed by atoms with Crippen molar-refractivity contribution in [3.63, 3.8) is 0 Å². The number of pyridine rings is 1. The third-order valence-electron chi connectivity index (χ3n) is 2.43. The second-order valence-corrected chi connectivity index (χ2v) is 3.88. The second-order valence-electron chi connectivity index (χ2n) is 3.88. The van der Waals surface area contributed by atoms with Crippen LogP contribution in [0.2, 0.25) is 0 Å². The van der Waals surface area contributed by atoms with Crippen molar-refractivity contribution in [3.05, 3.63) is 36.0 Å².